The number of sulfonamides is 1. The van der Waals surface area contributed by atoms with Crippen LogP contribution in [0.4, 0.5) is 5.69 Å². The van der Waals surface area contributed by atoms with Gasteiger partial charge in [0.1, 0.15) is 5.82 Å². The van der Waals surface area contributed by atoms with E-state index in [-0.39, 0.29) is 17.3 Å². The lowest BCUT2D eigenvalue weighted by molar-refractivity contribution is 0.0948. The van der Waals surface area contributed by atoms with Crippen LogP contribution in [0.5, 0.6) is 0 Å². The van der Waals surface area contributed by atoms with Crippen LogP contribution in [-0.4, -0.2) is 29.1 Å². The van der Waals surface area contributed by atoms with Crippen LogP contribution in [0.25, 0.3) is 0 Å². The summed E-state index contributed by atoms with van der Waals surface area (Å²) in [5.74, 6) is 1.33. The fraction of sp³-hybridized carbons (Fsp3) is 0.348. The molecule has 0 spiro atoms. The number of hydrogen-bond donors (Lipinski definition) is 2. The highest BCUT2D eigenvalue weighted by molar-refractivity contribution is 7.92. The van der Waals surface area contributed by atoms with Gasteiger partial charge in [0.25, 0.3) is 15.9 Å². The maximum atomic E-state index is 12.9. The zero-order valence-corrected chi connectivity index (χ0v) is 19.1. The third kappa shape index (κ3) is 4.83. The zero-order chi connectivity index (χ0) is 22.7. The van der Waals surface area contributed by atoms with Crippen LogP contribution in [0.15, 0.2) is 47.4 Å². The van der Waals surface area contributed by atoms with Gasteiger partial charge in [-0.15, -0.1) is 10.2 Å². The lowest BCUT2D eigenvalue weighted by Gasteiger charge is -2.12. The predicted molar refractivity (Wildman–Crippen MR) is 122 cm³/mol. The van der Waals surface area contributed by atoms with E-state index in [0.717, 1.165) is 49.4 Å². The number of aryl methyl sites for hydroxylation is 3. The van der Waals surface area contributed by atoms with E-state index in [1.165, 1.54) is 12.1 Å². The summed E-state index contributed by atoms with van der Waals surface area (Å²) in [5, 5.41) is 11.4. The van der Waals surface area contributed by atoms with Gasteiger partial charge in [-0.1, -0.05) is 30.2 Å². The van der Waals surface area contributed by atoms with Gasteiger partial charge in [-0.2, -0.15) is 0 Å². The molecule has 168 valence electrons. The molecule has 0 saturated carbocycles. The summed E-state index contributed by atoms with van der Waals surface area (Å²) in [7, 11) is -3.83. The molecule has 2 aromatic carbocycles. The van der Waals surface area contributed by atoms with Crippen molar-refractivity contribution in [2.24, 2.45) is 0 Å². The van der Waals surface area contributed by atoms with Crippen molar-refractivity contribution < 1.29 is 13.2 Å². The minimum Gasteiger partial charge on any atom is -0.345 e. The second-order valence-electron chi connectivity index (χ2n) is 8.13. The first-order valence-corrected chi connectivity index (χ1v) is 12.2. The fourth-order valence-corrected chi connectivity index (χ4v) is 4.86. The van der Waals surface area contributed by atoms with Crippen molar-refractivity contribution in [2.75, 3.05) is 4.72 Å². The standard InChI is InChI=1S/C23H27N5O3S/c1-16-7-10-18(11-8-16)27-32(30,31)19-12-9-17(2)20(14-19)23(29)24-15-22-26-25-21-6-4-3-5-13-28(21)22/h7-12,14,27H,3-6,13,15H2,1-2H3,(H,24,29). The number of anilines is 1. The molecule has 0 bridgehead atoms. The number of rotatable bonds is 6. The molecule has 0 fully saturated rings. The number of carbonyl (C=O) groups is 1. The van der Waals surface area contributed by atoms with Crippen molar-refractivity contribution in [3.8, 4) is 0 Å². The van der Waals surface area contributed by atoms with Crippen LogP contribution in [0, 0.1) is 13.8 Å². The number of hydrogen-bond acceptors (Lipinski definition) is 5. The lowest BCUT2D eigenvalue weighted by atomic mass is 10.1. The number of amides is 1. The molecule has 4 rings (SSSR count). The Morgan fingerprint density at radius 1 is 1.03 bits per heavy atom. The van der Waals surface area contributed by atoms with E-state index in [1.807, 2.05) is 19.1 Å². The van der Waals surface area contributed by atoms with Crippen LogP contribution in [0.3, 0.4) is 0 Å². The Bertz CT molecular complexity index is 1230. The van der Waals surface area contributed by atoms with E-state index in [4.69, 9.17) is 0 Å². The third-order valence-electron chi connectivity index (χ3n) is 5.66. The maximum absolute atomic E-state index is 12.9. The fourth-order valence-electron chi connectivity index (χ4n) is 3.78. The van der Waals surface area contributed by atoms with Gasteiger partial charge >= 0.3 is 0 Å². The van der Waals surface area contributed by atoms with Crippen molar-refractivity contribution >= 4 is 21.6 Å². The van der Waals surface area contributed by atoms with E-state index in [1.54, 1.807) is 25.1 Å². The molecule has 9 heteroatoms. The number of benzene rings is 2. The Labute approximate surface area is 188 Å². The molecule has 8 nitrogen and oxygen atoms in total. The van der Waals surface area contributed by atoms with Gasteiger partial charge in [0.2, 0.25) is 0 Å². The molecule has 0 atom stereocenters. The summed E-state index contributed by atoms with van der Waals surface area (Å²) >= 11 is 0. The molecule has 1 aliphatic heterocycles. The summed E-state index contributed by atoms with van der Waals surface area (Å²) in [4.78, 5) is 12.9. The van der Waals surface area contributed by atoms with E-state index in [2.05, 4.69) is 24.8 Å². The second-order valence-corrected chi connectivity index (χ2v) is 9.81. The smallest absolute Gasteiger partial charge is 0.261 e. The molecule has 2 heterocycles. The third-order valence-corrected chi connectivity index (χ3v) is 7.04. The van der Waals surface area contributed by atoms with Gasteiger partial charge in [0.05, 0.1) is 11.4 Å². The van der Waals surface area contributed by atoms with Crippen molar-refractivity contribution in [2.45, 2.75) is 57.5 Å². The van der Waals surface area contributed by atoms with Crippen molar-refractivity contribution in [3.05, 3.63) is 70.8 Å². The van der Waals surface area contributed by atoms with Crippen LogP contribution < -0.4 is 10.0 Å². The highest BCUT2D eigenvalue weighted by atomic mass is 32.2. The molecular weight excluding hydrogens is 426 g/mol. The van der Waals surface area contributed by atoms with E-state index in [0.29, 0.717) is 16.8 Å². The summed E-state index contributed by atoms with van der Waals surface area (Å²) in [6, 6.07) is 11.6. The molecule has 2 N–H and O–H groups in total. The van der Waals surface area contributed by atoms with Crippen LogP contribution in [0.1, 0.15) is 52.4 Å². The second kappa shape index (κ2) is 9.12. The zero-order valence-electron chi connectivity index (χ0n) is 18.3. The number of carbonyl (C=O) groups excluding carboxylic acids is 1. The average Bonchev–Trinajstić information content (AvgIpc) is 2.99. The average molecular weight is 454 g/mol. The minimum absolute atomic E-state index is 0.0326. The number of fused-ring (bicyclic) bond motifs is 1. The molecule has 0 unspecified atom stereocenters. The Morgan fingerprint density at radius 3 is 2.59 bits per heavy atom. The highest BCUT2D eigenvalue weighted by Gasteiger charge is 2.20. The van der Waals surface area contributed by atoms with Gasteiger partial charge in [-0.05, 0) is 56.5 Å². The highest BCUT2D eigenvalue weighted by Crippen LogP contribution is 2.20. The number of nitrogens with one attached hydrogen (secondary N) is 2. The molecule has 0 radical (unpaired) electrons. The quantitative estimate of drug-likeness (QED) is 0.595. The normalized spacial score (nSPS) is 13.8. The van der Waals surface area contributed by atoms with Crippen LogP contribution >= 0.6 is 0 Å². The molecule has 0 saturated heterocycles. The number of aromatic nitrogens is 3. The molecule has 1 aromatic heterocycles. The predicted octanol–water partition coefficient (Wildman–Crippen LogP) is 3.35. The van der Waals surface area contributed by atoms with Crippen LogP contribution in [-0.2, 0) is 29.5 Å². The Hall–Kier alpha value is -3.20. The SMILES string of the molecule is Cc1ccc(NS(=O)(=O)c2ccc(C)c(C(=O)NCc3nnc4n3CCCCC4)c2)cc1. The topological polar surface area (TPSA) is 106 Å². The van der Waals surface area contributed by atoms with Gasteiger partial charge < -0.3 is 9.88 Å². The first-order valence-electron chi connectivity index (χ1n) is 10.7. The van der Waals surface area contributed by atoms with Crippen LogP contribution in [0.2, 0.25) is 0 Å². The summed E-state index contributed by atoms with van der Waals surface area (Å²) in [5.41, 5.74) is 2.51. The largest absolute Gasteiger partial charge is 0.345 e. The minimum atomic E-state index is -3.83. The molecule has 32 heavy (non-hydrogen) atoms. The van der Waals surface area contributed by atoms with Gasteiger partial charge in [-0.25, -0.2) is 8.42 Å². The van der Waals surface area contributed by atoms with Gasteiger partial charge in [0.15, 0.2) is 5.82 Å². The van der Waals surface area contributed by atoms with Crippen molar-refractivity contribution in [3.63, 3.8) is 0 Å². The lowest BCUT2D eigenvalue weighted by Crippen LogP contribution is -2.26. The summed E-state index contributed by atoms with van der Waals surface area (Å²) in [6.45, 7) is 4.80. The molecule has 0 aliphatic carbocycles. The van der Waals surface area contributed by atoms with E-state index < -0.39 is 10.0 Å². The van der Waals surface area contributed by atoms with Gasteiger partial charge in [0, 0.05) is 24.2 Å². The van der Waals surface area contributed by atoms with Crippen molar-refractivity contribution in [1.29, 1.82) is 0 Å². The summed E-state index contributed by atoms with van der Waals surface area (Å²) < 4.78 is 30.3. The first kappa shape index (κ1) is 22.0. The van der Waals surface area contributed by atoms with E-state index >= 15 is 0 Å². The maximum Gasteiger partial charge on any atom is 0.261 e. The monoisotopic (exact) mass is 453 g/mol. The molecule has 1 amide bonds. The number of nitrogens with zero attached hydrogens (tertiary/aromatic N) is 3. The molecule has 3 aromatic rings. The van der Waals surface area contributed by atoms with Crippen molar-refractivity contribution in [1.82, 2.24) is 20.1 Å². The Balaban J connectivity index is 1.50. The molecular formula is C23H27N5O3S. The van der Waals surface area contributed by atoms with Gasteiger partial charge in [-0.3, -0.25) is 9.52 Å². The van der Waals surface area contributed by atoms with E-state index in [9.17, 15) is 13.2 Å². The molecule has 1 aliphatic rings. The Kier molecular flexibility index (Phi) is 6.27. The summed E-state index contributed by atoms with van der Waals surface area (Å²) in [6.07, 6.45) is 4.22. The first-order chi connectivity index (χ1) is 15.3. The Morgan fingerprint density at radius 2 is 1.81 bits per heavy atom.